The molecule has 0 aliphatic heterocycles. The van der Waals surface area contributed by atoms with Gasteiger partial charge in [-0.3, -0.25) is 4.79 Å². The monoisotopic (exact) mass is 357 g/mol. The Morgan fingerprint density at radius 3 is 2.04 bits per heavy atom. The topological polar surface area (TPSA) is 29.1 Å². The summed E-state index contributed by atoms with van der Waals surface area (Å²) in [7, 11) is 0. The van der Waals surface area contributed by atoms with Gasteiger partial charge in [0.05, 0.1) is 10.6 Å². The van der Waals surface area contributed by atoms with Gasteiger partial charge in [-0.2, -0.15) is 0 Å². The molecule has 0 fully saturated rings. The highest BCUT2D eigenvalue weighted by Gasteiger charge is 2.09. The van der Waals surface area contributed by atoms with Crippen molar-refractivity contribution < 1.29 is 4.79 Å². The second-order valence-electron chi connectivity index (χ2n) is 6.06. The summed E-state index contributed by atoms with van der Waals surface area (Å²) in [5.74, 6) is -0.123. The molecule has 0 saturated carbocycles. The van der Waals surface area contributed by atoms with E-state index in [9.17, 15) is 4.79 Å². The van der Waals surface area contributed by atoms with Gasteiger partial charge in [0, 0.05) is 11.6 Å². The van der Waals surface area contributed by atoms with Crippen molar-refractivity contribution in [2.24, 2.45) is 0 Å². The Morgan fingerprint density at radius 1 is 0.913 bits per heavy atom. The van der Waals surface area contributed by atoms with E-state index >= 15 is 0 Å². The average molecular weight is 358 g/mol. The van der Waals surface area contributed by atoms with Crippen LogP contribution >= 0.6 is 23.2 Å². The van der Waals surface area contributed by atoms with E-state index in [-0.39, 0.29) is 5.91 Å². The van der Waals surface area contributed by atoms with Crippen LogP contribution in [0.4, 0.5) is 0 Å². The summed E-state index contributed by atoms with van der Waals surface area (Å²) >= 11 is 11.8. The summed E-state index contributed by atoms with van der Waals surface area (Å²) in [6, 6.07) is 4.94. The SMILES string of the molecule is CCCCCCCCCCCCNC(=O)c1ccc(Cl)cc1Cl. The van der Waals surface area contributed by atoms with Crippen molar-refractivity contribution in [1.29, 1.82) is 0 Å². The highest BCUT2D eigenvalue weighted by Crippen LogP contribution is 2.20. The number of hydrogen-bond acceptors (Lipinski definition) is 1. The molecule has 1 aromatic rings. The van der Waals surface area contributed by atoms with E-state index < -0.39 is 0 Å². The zero-order valence-corrected chi connectivity index (χ0v) is 15.7. The van der Waals surface area contributed by atoms with E-state index in [1.165, 1.54) is 57.8 Å². The smallest absolute Gasteiger partial charge is 0.252 e. The van der Waals surface area contributed by atoms with E-state index in [0.717, 1.165) is 6.42 Å². The van der Waals surface area contributed by atoms with Gasteiger partial charge in [0.1, 0.15) is 0 Å². The quantitative estimate of drug-likeness (QED) is 0.417. The van der Waals surface area contributed by atoms with Crippen LogP contribution < -0.4 is 5.32 Å². The molecule has 2 nitrogen and oxygen atoms in total. The molecule has 1 aromatic carbocycles. The van der Waals surface area contributed by atoms with Gasteiger partial charge >= 0.3 is 0 Å². The summed E-state index contributed by atoms with van der Waals surface area (Å²) in [6.07, 6.45) is 12.9. The van der Waals surface area contributed by atoms with Crippen LogP contribution in [0.3, 0.4) is 0 Å². The highest BCUT2D eigenvalue weighted by atomic mass is 35.5. The normalized spacial score (nSPS) is 10.7. The number of benzene rings is 1. The summed E-state index contributed by atoms with van der Waals surface area (Å²) in [4.78, 5) is 12.0. The predicted octanol–water partition coefficient (Wildman–Crippen LogP) is 6.64. The Bertz CT molecular complexity index is 463. The van der Waals surface area contributed by atoms with Crippen molar-refractivity contribution in [2.75, 3.05) is 6.54 Å². The van der Waals surface area contributed by atoms with Gasteiger partial charge < -0.3 is 5.32 Å². The first-order valence-electron chi connectivity index (χ1n) is 8.88. The van der Waals surface area contributed by atoms with E-state index in [4.69, 9.17) is 23.2 Å². The number of rotatable bonds is 12. The van der Waals surface area contributed by atoms with Gasteiger partial charge in [-0.05, 0) is 24.6 Å². The molecule has 0 aliphatic rings. The van der Waals surface area contributed by atoms with Crippen LogP contribution in [0.25, 0.3) is 0 Å². The van der Waals surface area contributed by atoms with Crippen LogP contribution in [-0.4, -0.2) is 12.5 Å². The molecule has 1 rings (SSSR count). The largest absolute Gasteiger partial charge is 0.352 e. The van der Waals surface area contributed by atoms with Crippen molar-refractivity contribution >= 4 is 29.1 Å². The molecule has 4 heteroatoms. The Kier molecular flexibility index (Phi) is 11.2. The number of nitrogens with one attached hydrogen (secondary N) is 1. The van der Waals surface area contributed by atoms with Gasteiger partial charge in [0.15, 0.2) is 0 Å². The fourth-order valence-electron chi connectivity index (χ4n) is 2.58. The highest BCUT2D eigenvalue weighted by molar-refractivity contribution is 6.36. The maximum absolute atomic E-state index is 12.0. The molecule has 0 unspecified atom stereocenters. The lowest BCUT2D eigenvalue weighted by Gasteiger charge is -2.07. The number of halogens is 2. The standard InChI is InChI=1S/C19H29Cl2NO/c1-2-3-4-5-6-7-8-9-10-11-14-22-19(23)17-13-12-16(20)15-18(17)21/h12-13,15H,2-11,14H2,1H3,(H,22,23). The van der Waals surface area contributed by atoms with Crippen molar-refractivity contribution in [2.45, 2.75) is 71.1 Å². The number of carbonyl (C=O) groups is 1. The van der Waals surface area contributed by atoms with Crippen LogP contribution in [0.2, 0.25) is 10.0 Å². The molecule has 0 radical (unpaired) electrons. The summed E-state index contributed by atoms with van der Waals surface area (Å²) < 4.78 is 0. The third-order valence-electron chi connectivity index (χ3n) is 3.99. The third kappa shape index (κ3) is 9.22. The second kappa shape index (κ2) is 12.7. The Labute approximate surface area is 150 Å². The summed E-state index contributed by atoms with van der Waals surface area (Å²) in [5.41, 5.74) is 0.489. The van der Waals surface area contributed by atoms with Crippen LogP contribution in [-0.2, 0) is 0 Å². The van der Waals surface area contributed by atoms with Crippen molar-refractivity contribution in [3.05, 3.63) is 33.8 Å². The molecule has 1 amide bonds. The number of carbonyl (C=O) groups excluding carboxylic acids is 1. The minimum atomic E-state index is -0.123. The van der Waals surface area contributed by atoms with Gasteiger partial charge in [-0.15, -0.1) is 0 Å². The Hall–Kier alpha value is -0.730. The van der Waals surface area contributed by atoms with Gasteiger partial charge in [0.2, 0.25) is 0 Å². The van der Waals surface area contributed by atoms with Crippen molar-refractivity contribution in [3.8, 4) is 0 Å². The molecule has 0 atom stereocenters. The molecule has 0 saturated heterocycles. The van der Waals surface area contributed by atoms with E-state index in [2.05, 4.69) is 12.2 Å². The summed E-state index contributed by atoms with van der Waals surface area (Å²) in [5, 5.41) is 3.86. The first kappa shape index (κ1) is 20.3. The number of unbranched alkanes of at least 4 members (excludes halogenated alkanes) is 9. The molecule has 0 aliphatic carbocycles. The van der Waals surface area contributed by atoms with E-state index in [0.29, 0.717) is 22.2 Å². The van der Waals surface area contributed by atoms with E-state index in [1.807, 2.05) is 0 Å². The minimum Gasteiger partial charge on any atom is -0.352 e. The molecular formula is C19H29Cl2NO. The zero-order valence-electron chi connectivity index (χ0n) is 14.2. The predicted molar refractivity (Wildman–Crippen MR) is 101 cm³/mol. The van der Waals surface area contributed by atoms with Gasteiger partial charge in [0.25, 0.3) is 5.91 Å². The molecule has 23 heavy (non-hydrogen) atoms. The fourth-order valence-corrected chi connectivity index (χ4v) is 3.08. The molecule has 0 bridgehead atoms. The molecular weight excluding hydrogens is 329 g/mol. The first-order chi connectivity index (χ1) is 11.1. The van der Waals surface area contributed by atoms with Crippen LogP contribution in [0.15, 0.2) is 18.2 Å². The first-order valence-corrected chi connectivity index (χ1v) is 9.64. The molecule has 0 aromatic heterocycles. The lowest BCUT2D eigenvalue weighted by Crippen LogP contribution is -2.24. The van der Waals surface area contributed by atoms with Gasteiger partial charge in [-0.1, -0.05) is 87.9 Å². The molecule has 1 N–H and O–H groups in total. The Morgan fingerprint density at radius 2 is 1.48 bits per heavy atom. The Balaban J connectivity index is 2.01. The third-order valence-corrected chi connectivity index (χ3v) is 4.54. The lowest BCUT2D eigenvalue weighted by molar-refractivity contribution is 0.0953. The van der Waals surface area contributed by atoms with E-state index in [1.54, 1.807) is 18.2 Å². The lowest BCUT2D eigenvalue weighted by atomic mass is 10.1. The van der Waals surface area contributed by atoms with Crippen LogP contribution in [0.5, 0.6) is 0 Å². The minimum absolute atomic E-state index is 0.123. The van der Waals surface area contributed by atoms with Crippen molar-refractivity contribution in [3.63, 3.8) is 0 Å². The van der Waals surface area contributed by atoms with Crippen LogP contribution in [0.1, 0.15) is 81.5 Å². The van der Waals surface area contributed by atoms with Gasteiger partial charge in [-0.25, -0.2) is 0 Å². The number of amides is 1. The van der Waals surface area contributed by atoms with Crippen molar-refractivity contribution in [1.82, 2.24) is 5.32 Å². The fraction of sp³-hybridized carbons (Fsp3) is 0.632. The second-order valence-corrected chi connectivity index (χ2v) is 6.91. The summed E-state index contributed by atoms with van der Waals surface area (Å²) in [6.45, 7) is 2.95. The average Bonchev–Trinajstić information content (AvgIpc) is 2.52. The maximum Gasteiger partial charge on any atom is 0.252 e. The zero-order chi connectivity index (χ0) is 16.9. The molecule has 0 spiro atoms. The number of hydrogen-bond donors (Lipinski definition) is 1. The van der Waals surface area contributed by atoms with Crippen LogP contribution in [0, 0.1) is 0 Å². The molecule has 0 heterocycles. The maximum atomic E-state index is 12.0. The molecule has 130 valence electrons.